The Bertz CT molecular complexity index is 590. The number of halogens is 1. The maximum absolute atomic E-state index is 11.8. The fourth-order valence-electron chi connectivity index (χ4n) is 2.28. The molecule has 0 aromatic heterocycles. The molecule has 0 spiro atoms. The number of carbonyl (C=O) groups excluding carboxylic acids is 2. The molecule has 0 bridgehead atoms. The quantitative estimate of drug-likeness (QED) is 0.840. The number of amides is 2. The number of ether oxygens (including phenoxy) is 2. The van der Waals surface area contributed by atoms with Crippen LogP contribution in [-0.4, -0.2) is 36.6 Å². The Morgan fingerprint density at radius 2 is 2.20 bits per heavy atom. The maximum Gasteiger partial charge on any atom is 0.246 e. The molecule has 1 unspecified atom stereocenters. The summed E-state index contributed by atoms with van der Waals surface area (Å²) in [4.78, 5) is 24.3. The number of fused-ring (bicyclic) bond motifs is 1. The van der Waals surface area contributed by atoms with Crippen LogP contribution in [0.4, 0.5) is 0 Å². The first-order valence-corrected chi connectivity index (χ1v) is 6.56. The molecular formula is C13H13ClN2O4. The van der Waals surface area contributed by atoms with Crippen LogP contribution in [0.1, 0.15) is 12.0 Å². The summed E-state index contributed by atoms with van der Waals surface area (Å²) in [5.41, 5.74) is 0.869. The highest BCUT2D eigenvalue weighted by atomic mass is 35.5. The third kappa shape index (κ3) is 2.21. The summed E-state index contributed by atoms with van der Waals surface area (Å²) in [5.74, 6) is 0.764. The van der Waals surface area contributed by atoms with Gasteiger partial charge in [-0.15, -0.1) is 0 Å². The zero-order valence-corrected chi connectivity index (χ0v) is 11.6. The van der Waals surface area contributed by atoms with Gasteiger partial charge in [-0.3, -0.25) is 14.5 Å². The lowest BCUT2D eigenvalue weighted by Gasteiger charge is -2.11. The van der Waals surface area contributed by atoms with Crippen molar-refractivity contribution in [3.8, 4) is 11.5 Å². The Hall–Kier alpha value is -1.79. The van der Waals surface area contributed by atoms with Crippen molar-refractivity contribution in [1.82, 2.24) is 10.2 Å². The first-order chi connectivity index (χ1) is 9.56. The number of likely N-dealkylation sites (N-methyl/N-ethyl adjacent to an activating group) is 1. The second-order valence-corrected chi connectivity index (χ2v) is 5.15. The summed E-state index contributed by atoms with van der Waals surface area (Å²) in [5, 5.41) is 3.53. The standard InChI is InChI=1S/C13H13ClN2O4/c1-16-11(17)4-9(13(16)18)15-5-7-2-8(14)12-10(3-7)19-6-20-12/h2-3,9,15H,4-6H2,1H3. The molecule has 1 N–H and O–H groups in total. The first kappa shape index (κ1) is 13.2. The summed E-state index contributed by atoms with van der Waals surface area (Å²) in [6.07, 6.45) is 0.188. The number of likely N-dealkylation sites (tertiary alicyclic amines) is 1. The van der Waals surface area contributed by atoms with Gasteiger partial charge in [0.15, 0.2) is 11.5 Å². The lowest BCUT2D eigenvalue weighted by molar-refractivity contribution is -0.137. The Labute approximate surface area is 120 Å². The molecule has 1 aromatic carbocycles. The van der Waals surface area contributed by atoms with E-state index >= 15 is 0 Å². The number of imide groups is 1. The molecule has 2 amide bonds. The number of rotatable bonds is 3. The molecule has 1 fully saturated rings. The monoisotopic (exact) mass is 296 g/mol. The van der Waals surface area contributed by atoms with Gasteiger partial charge >= 0.3 is 0 Å². The van der Waals surface area contributed by atoms with E-state index < -0.39 is 6.04 Å². The van der Waals surface area contributed by atoms with Crippen LogP contribution >= 0.6 is 11.6 Å². The molecule has 0 saturated carbocycles. The predicted octanol–water partition coefficient (Wildman–Crippen LogP) is 0.916. The molecule has 106 valence electrons. The van der Waals surface area contributed by atoms with E-state index in [2.05, 4.69) is 5.32 Å². The van der Waals surface area contributed by atoms with E-state index in [1.165, 1.54) is 7.05 Å². The van der Waals surface area contributed by atoms with Crippen molar-refractivity contribution in [3.05, 3.63) is 22.7 Å². The van der Waals surface area contributed by atoms with Crippen LogP contribution in [0.2, 0.25) is 5.02 Å². The predicted molar refractivity (Wildman–Crippen MR) is 70.6 cm³/mol. The first-order valence-electron chi connectivity index (χ1n) is 6.18. The molecule has 7 heteroatoms. The number of carbonyl (C=O) groups is 2. The van der Waals surface area contributed by atoms with Gasteiger partial charge in [-0.05, 0) is 17.7 Å². The topological polar surface area (TPSA) is 67.9 Å². The summed E-state index contributed by atoms with van der Waals surface area (Å²) < 4.78 is 10.5. The van der Waals surface area contributed by atoms with Crippen LogP contribution in [0.3, 0.4) is 0 Å². The maximum atomic E-state index is 11.8. The summed E-state index contributed by atoms with van der Waals surface area (Å²) >= 11 is 6.08. The number of nitrogens with one attached hydrogen (secondary N) is 1. The second-order valence-electron chi connectivity index (χ2n) is 4.74. The second kappa shape index (κ2) is 4.96. The zero-order chi connectivity index (χ0) is 14.3. The summed E-state index contributed by atoms with van der Waals surface area (Å²) in [7, 11) is 1.49. The molecule has 2 aliphatic rings. The van der Waals surface area contributed by atoms with Gasteiger partial charge in [0.25, 0.3) is 0 Å². The van der Waals surface area contributed by atoms with E-state index in [4.69, 9.17) is 21.1 Å². The van der Waals surface area contributed by atoms with Gasteiger partial charge in [0.1, 0.15) is 0 Å². The highest BCUT2D eigenvalue weighted by Crippen LogP contribution is 2.39. The van der Waals surface area contributed by atoms with Crippen LogP contribution in [0.25, 0.3) is 0 Å². The van der Waals surface area contributed by atoms with Crippen molar-refractivity contribution in [3.63, 3.8) is 0 Å². The molecule has 1 aromatic rings. The van der Waals surface area contributed by atoms with Gasteiger partial charge in [-0.2, -0.15) is 0 Å². The molecule has 1 atom stereocenters. The summed E-state index contributed by atoms with van der Waals surface area (Å²) in [6.45, 7) is 0.584. The minimum absolute atomic E-state index is 0.159. The molecule has 0 radical (unpaired) electrons. The van der Waals surface area contributed by atoms with Crippen molar-refractivity contribution in [2.45, 2.75) is 19.0 Å². The fourth-order valence-corrected chi connectivity index (χ4v) is 2.57. The van der Waals surface area contributed by atoms with Crippen LogP contribution < -0.4 is 14.8 Å². The van der Waals surface area contributed by atoms with E-state index in [1.807, 2.05) is 6.07 Å². The van der Waals surface area contributed by atoms with Gasteiger partial charge < -0.3 is 14.8 Å². The number of hydrogen-bond donors (Lipinski definition) is 1. The van der Waals surface area contributed by atoms with Crippen molar-refractivity contribution < 1.29 is 19.1 Å². The van der Waals surface area contributed by atoms with Crippen molar-refractivity contribution in [2.24, 2.45) is 0 Å². The summed E-state index contributed by atoms with van der Waals surface area (Å²) in [6, 6.07) is 3.09. The molecule has 0 aliphatic carbocycles. The number of nitrogens with zero attached hydrogens (tertiary/aromatic N) is 1. The minimum Gasteiger partial charge on any atom is -0.454 e. The lowest BCUT2D eigenvalue weighted by Crippen LogP contribution is -2.36. The van der Waals surface area contributed by atoms with E-state index in [0.717, 1.165) is 10.5 Å². The third-order valence-electron chi connectivity index (χ3n) is 3.42. The average Bonchev–Trinajstić information content (AvgIpc) is 2.98. The molecule has 6 nitrogen and oxygen atoms in total. The van der Waals surface area contributed by atoms with Crippen molar-refractivity contribution in [2.75, 3.05) is 13.8 Å². The Kier molecular flexibility index (Phi) is 3.27. The van der Waals surface area contributed by atoms with Crippen LogP contribution in [-0.2, 0) is 16.1 Å². The van der Waals surface area contributed by atoms with Crippen LogP contribution in [0.5, 0.6) is 11.5 Å². The Balaban J connectivity index is 1.69. The van der Waals surface area contributed by atoms with Gasteiger partial charge in [0, 0.05) is 13.6 Å². The number of benzene rings is 1. The highest BCUT2D eigenvalue weighted by Gasteiger charge is 2.35. The Morgan fingerprint density at radius 1 is 1.40 bits per heavy atom. The zero-order valence-electron chi connectivity index (χ0n) is 10.8. The van der Waals surface area contributed by atoms with Gasteiger partial charge in [-0.1, -0.05) is 11.6 Å². The molecule has 3 rings (SSSR count). The van der Waals surface area contributed by atoms with Gasteiger partial charge in [0.2, 0.25) is 18.6 Å². The average molecular weight is 297 g/mol. The molecular weight excluding hydrogens is 284 g/mol. The molecule has 20 heavy (non-hydrogen) atoms. The van der Waals surface area contributed by atoms with Crippen molar-refractivity contribution in [1.29, 1.82) is 0 Å². The van der Waals surface area contributed by atoms with E-state index in [1.54, 1.807) is 6.07 Å². The fraction of sp³-hybridized carbons (Fsp3) is 0.385. The van der Waals surface area contributed by atoms with E-state index in [9.17, 15) is 9.59 Å². The smallest absolute Gasteiger partial charge is 0.246 e. The molecule has 2 aliphatic heterocycles. The largest absolute Gasteiger partial charge is 0.454 e. The third-order valence-corrected chi connectivity index (χ3v) is 3.70. The SMILES string of the molecule is CN1C(=O)CC(NCc2cc(Cl)c3c(c2)OCO3)C1=O. The minimum atomic E-state index is -0.475. The van der Waals surface area contributed by atoms with Crippen LogP contribution in [0.15, 0.2) is 12.1 Å². The molecule has 2 heterocycles. The van der Waals surface area contributed by atoms with E-state index in [0.29, 0.717) is 23.1 Å². The van der Waals surface area contributed by atoms with Gasteiger partial charge in [0.05, 0.1) is 17.5 Å². The molecule has 1 saturated heterocycles. The van der Waals surface area contributed by atoms with E-state index in [-0.39, 0.29) is 25.0 Å². The lowest BCUT2D eigenvalue weighted by atomic mass is 10.1. The Morgan fingerprint density at radius 3 is 2.90 bits per heavy atom. The number of hydrogen-bond acceptors (Lipinski definition) is 5. The highest BCUT2D eigenvalue weighted by molar-refractivity contribution is 6.32. The van der Waals surface area contributed by atoms with Gasteiger partial charge in [-0.25, -0.2) is 0 Å². The van der Waals surface area contributed by atoms with Crippen molar-refractivity contribution >= 4 is 23.4 Å². The normalized spacial score (nSPS) is 20.9. The van der Waals surface area contributed by atoms with Crippen LogP contribution in [0, 0.1) is 0 Å².